The summed E-state index contributed by atoms with van der Waals surface area (Å²) in [6.07, 6.45) is 5.23. The molecule has 0 aliphatic rings. The van der Waals surface area contributed by atoms with Crippen LogP contribution in [0, 0.1) is 0 Å². The first-order chi connectivity index (χ1) is 11.8. The van der Waals surface area contributed by atoms with Crippen LogP contribution in [0.15, 0.2) is 65.8 Å². The standard InChI is InChI=1S/C19H15N3O2/c1-24-17-7-3-2-5-14(17)16-11-22-18-15(16)9-12(10-21-18)13-6-4-8-20-19(13)23/h2-11H,1H3,(H,20,23)(H,21,22). The van der Waals surface area contributed by atoms with Crippen LogP contribution in [0.5, 0.6) is 5.75 Å². The summed E-state index contributed by atoms with van der Waals surface area (Å²) in [4.78, 5) is 22.4. The van der Waals surface area contributed by atoms with Crippen LogP contribution in [0.1, 0.15) is 0 Å². The van der Waals surface area contributed by atoms with E-state index in [2.05, 4.69) is 15.0 Å². The third-order valence-corrected chi connectivity index (χ3v) is 4.06. The molecule has 0 bridgehead atoms. The molecule has 0 fully saturated rings. The summed E-state index contributed by atoms with van der Waals surface area (Å²) >= 11 is 0. The maximum absolute atomic E-state index is 12.0. The average molecular weight is 317 g/mol. The maximum Gasteiger partial charge on any atom is 0.255 e. The van der Waals surface area contributed by atoms with Gasteiger partial charge in [-0.05, 0) is 24.3 Å². The Morgan fingerprint density at radius 2 is 1.83 bits per heavy atom. The summed E-state index contributed by atoms with van der Waals surface area (Å²) < 4.78 is 5.46. The molecule has 4 rings (SSSR count). The van der Waals surface area contributed by atoms with Crippen LogP contribution >= 0.6 is 0 Å². The van der Waals surface area contributed by atoms with Crippen LogP contribution in [-0.2, 0) is 0 Å². The first-order valence-corrected chi connectivity index (χ1v) is 7.56. The SMILES string of the molecule is COc1ccccc1-c1c[nH]c2ncc(-c3ccc[nH]c3=O)cc12. The van der Waals surface area contributed by atoms with Gasteiger partial charge in [-0.2, -0.15) is 0 Å². The minimum atomic E-state index is -0.131. The van der Waals surface area contributed by atoms with Crippen LogP contribution in [0.25, 0.3) is 33.3 Å². The van der Waals surface area contributed by atoms with Gasteiger partial charge in [0.25, 0.3) is 5.56 Å². The van der Waals surface area contributed by atoms with Crippen molar-refractivity contribution in [2.45, 2.75) is 0 Å². The molecule has 0 saturated carbocycles. The van der Waals surface area contributed by atoms with Gasteiger partial charge in [0.1, 0.15) is 11.4 Å². The highest BCUT2D eigenvalue weighted by Crippen LogP contribution is 2.35. The van der Waals surface area contributed by atoms with Crippen molar-refractivity contribution < 1.29 is 4.74 Å². The summed E-state index contributed by atoms with van der Waals surface area (Å²) in [6.45, 7) is 0. The van der Waals surface area contributed by atoms with Crippen LogP contribution in [0.2, 0.25) is 0 Å². The zero-order valence-electron chi connectivity index (χ0n) is 13.0. The minimum Gasteiger partial charge on any atom is -0.496 e. The van der Waals surface area contributed by atoms with Crippen molar-refractivity contribution in [1.29, 1.82) is 0 Å². The van der Waals surface area contributed by atoms with Crippen molar-refractivity contribution in [2.75, 3.05) is 7.11 Å². The van der Waals surface area contributed by atoms with E-state index in [1.54, 1.807) is 31.6 Å². The molecule has 0 radical (unpaired) electrons. The van der Waals surface area contributed by atoms with Gasteiger partial charge in [0.15, 0.2) is 0 Å². The van der Waals surface area contributed by atoms with Crippen LogP contribution in [-0.4, -0.2) is 22.1 Å². The first kappa shape index (κ1) is 14.3. The topological polar surface area (TPSA) is 70.8 Å². The second kappa shape index (κ2) is 5.70. The molecule has 0 spiro atoms. The molecule has 4 aromatic rings. The number of rotatable bonds is 3. The first-order valence-electron chi connectivity index (χ1n) is 7.56. The Balaban J connectivity index is 1.95. The molecule has 118 valence electrons. The van der Waals surface area contributed by atoms with E-state index in [-0.39, 0.29) is 5.56 Å². The zero-order chi connectivity index (χ0) is 16.5. The van der Waals surface area contributed by atoms with Gasteiger partial charge >= 0.3 is 0 Å². The number of fused-ring (bicyclic) bond motifs is 1. The summed E-state index contributed by atoms with van der Waals surface area (Å²) in [5.74, 6) is 0.793. The fourth-order valence-electron chi connectivity index (χ4n) is 2.89. The molecule has 0 aliphatic heterocycles. The van der Waals surface area contributed by atoms with E-state index in [0.717, 1.165) is 33.5 Å². The number of H-pyrrole nitrogens is 2. The fourth-order valence-corrected chi connectivity index (χ4v) is 2.89. The molecule has 24 heavy (non-hydrogen) atoms. The van der Waals surface area contributed by atoms with Gasteiger partial charge in [0, 0.05) is 46.2 Å². The lowest BCUT2D eigenvalue weighted by Gasteiger charge is -2.07. The van der Waals surface area contributed by atoms with Gasteiger partial charge in [-0.1, -0.05) is 18.2 Å². The fraction of sp³-hybridized carbons (Fsp3) is 0.0526. The predicted molar refractivity (Wildman–Crippen MR) is 94.1 cm³/mol. The van der Waals surface area contributed by atoms with Crippen molar-refractivity contribution in [3.63, 3.8) is 0 Å². The molecule has 0 atom stereocenters. The molecule has 3 aromatic heterocycles. The number of benzene rings is 1. The van der Waals surface area contributed by atoms with Crippen molar-refractivity contribution in [2.24, 2.45) is 0 Å². The number of aromatic nitrogens is 3. The number of ether oxygens (including phenoxy) is 1. The van der Waals surface area contributed by atoms with E-state index in [1.165, 1.54) is 0 Å². The second-order valence-corrected chi connectivity index (χ2v) is 5.44. The van der Waals surface area contributed by atoms with Crippen LogP contribution < -0.4 is 10.3 Å². The third kappa shape index (κ3) is 2.27. The minimum absolute atomic E-state index is 0.131. The Kier molecular flexibility index (Phi) is 3.39. The van der Waals surface area contributed by atoms with Gasteiger partial charge in [-0.25, -0.2) is 4.98 Å². The van der Waals surface area contributed by atoms with Gasteiger partial charge in [0.2, 0.25) is 0 Å². The maximum atomic E-state index is 12.0. The number of hydrogen-bond donors (Lipinski definition) is 2. The number of pyridine rings is 2. The quantitative estimate of drug-likeness (QED) is 0.606. The zero-order valence-corrected chi connectivity index (χ0v) is 13.0. The van der Waals surface area contributed by atoms with Gasteiger partial charge < -0.3 is 14.7 Å². The van der Waals surface area contributed by atoms with E-state index >= 15 is 0 Å². The lowest BCUT2D eigenvalue weighted by atomic mass is 10.0. The lowest BCUT2D eigenvalue weighted by Crippen LogP contribution is -2.06. The molecule has 0 aliphatic carbocycles. The van der Waals surface area contributed by atoms with Crippen molar-refractivity contribution in [3.8, 4) is 28.0 Å². The highest BCUT2D eigenvalue weighted by Gasteiger charge is 2.13. The molecule has 0 saturated heterocycles. The van der Waals surface area contributed by atoms with Crippen molar-refractivity contribution in [1.82, 2.24) is 15.0 Å². The molecule has 5 nitrogen and oxygen atoms in total. The smallest absolute Gasteiger partial charge is 0.255 e. The van der Waals surface area contributed by atoms with E-state index in [1.807, 2.05) is 36.5 Å². The van der Waals surface area contributed by atoms with Crippen LogP contribution in [0.4, 0.5) is 0 Å². The molecule has 5 heteroatoms. The molecule has 3 heterocycles. The van der Waals surface area contributed by atoms with Crippen molar-refractivity contribution >= 4 is 11.0 Å². The third-order valence-electron chi connectivity index (χ3n) is 4.06. The summed E-state index contributed by atoms with van der Waals surface area (Å²) in [7, 11) is 1.65. The van der Waals surface area contributed by atoms with Gasteiger partial charge in [0.05, 0.1) is 7.11 Å². The summed E-state index contributed by atoms with van der Waals surface area (Å²) in [6, 6.07) is 13.4. The molecule has 1 aromatic carbocycles. The van der Waals surface area contributed by atoms with Crippen molar-refractivity contribution in [3.05, 3.63) is 71.4 Å². The summed E-state index contributed by atoms with van der Waals surface area (Å²) in [5, 5.41) is 0.945. The largest absolute Gasteiger partial charge is 0.496 e. The van der Waals surface area contributed by atoms with E-state index in [9.17, 15) is 4.79 Å². The predicted octanol–water partition coefficient (Wildman–Crippen LogP) is 3.59. The summed E-state index contributed by atoms with van der Waals surface area (Å²) in [5.41, 5.74) is 3.98. The molecular weight excluding hydrogens is 302 g/mol. The van der Waals surface area contributed by atoms with E-state index in [4.69, 9.17) is 4.74 Å². The Morgan fingerprint density at radius 3 is 2.67 bits per heavy atom. The number of para-hydroxylation sites is 1. The monoisotopic (exact) mass is 317 g/mol. The van der Waals surface area contributed by atoms with Gasteiger partial charge in [-0.15, -0.1) is 0 Å². The van der Waals surface area contributed by atoms with Gasteiger partial charge in [-0.3, -0.25) is 4.79 Å². The highest BCUT2D eigenvalue weighted by molar-refractivity contribution is 5.97. The Morgan fingerprint density at radius 1 is 1.00 bits per heavy atom. The van der Waals surface area contributed by atoms with Crippen LogP contribution in [0.3, 0.4) is 0 Å². The normalized spacial score (nSPS) is 10.9. The number of aromatic amines is 2. The molecular formula is C19H15N3O2. The number of nitrogens with one attached hydrogen (secondary N) is 2. The van der Waals surface area contributed by atoms with E-state index in [0.29, 0.717) is 5.56 Å². The molecule has 0 unspecified atom stereocenters. The number of nitrogens with zero attached hydrogens (tertiary/aromatic N) is 1. The molecule has 2 N–H and O–H groups in total. The average Bonchev–Trinajstić information content (AvgIpc) is 3.05. The highest BCUT2D eigenvalue weighted by atomic mass is 16.5. The number of methoxy groups -OCH3 is 1. The Bertz CT molecular complexity index is 1080. The Hall–Kier alpha value is -3.34. The lowest BCUT2D eigenvalue weighted by molar-refractivity contribution is 0.416. The Labute approximate surface area is 138 Å². The second-order valence-electron chi connectivity index (χ2n) is 5.44. The molecule has 0 amide bonds. The number of hydrogen-bond acceptors (Lipinski definition) is 3. The van der Waals surface area contributed by atoms with E-state index < -0.39 is 0 Å².